The number of ketones is 1. The van der Waals surface area contributed by atoms with E-state index in [0.717, 1.165) is 4.90 Å². The van der Waals surface area contributed by atoms with Crippen LogP contribution in [-0.4, -0.2) is 29.5 Å². The Hall–Kier alpha value is -0.920. The maximum absolute atomic E-state index is 12.1. The summed E-state index contributed by atoms with van der Waals surface area (Å²) >= 11 is 11.5. The number of alkyl halides is 3. The second-order valence-corrected chi connectivity index (χ2v) is 5.81. The molecule has 1 heterocycles. The molecule has 0 aliphatic carbocycles. The Balaban J connectivity index is 2.27. The summed E-state index contributed by atoms with van der Waals surface area (Å²) in [6, 6.07) is 2.75. The van der Waals surface area contributed by atoms with E-state index >= 15 is 0 Å². The Bertz CT molecular complexity index is 592. The fourth-order valence-electron chi connectivity index (χ4n) is 1.82. The van der Waals surface area contributed by atoms with Crippen LogP contribution in [0.3, 0.4) is 0 Å². The van der Waals surface area contributed by atoms with Gasteiger partial charge in [-0.3, -0.25) is 9.59 Å². The minimum absolute atomic E-state index is 0.0497. The summed E-state index contributed by atoms with van der Waals surface area (Å²) in [5, 5.41) is 0.148. The highest BCUT2D eigenvalue weighted by molar-refractivity contribution is 8.00. The number of carbonyl (C=O) groups excluding carboxylic acids is 2. The zero-order valence-corrected chi connectivity index (χ0v) is 12.0. The molecule has 108 valence electrons. The van der Waals surface area contributed by atoms with Gasteiger partial charge in [0, 0.05) is 12.3 Å². The van der Waals surface area contributed by atoms with Gasteiger partial charge < -0.3 is 4.90 Å². The lowest BCUT2D eigenvalue weighted by Crippen LogP contribution is -2.32. The lowest BCUT2D eigenvalue weighted by Gasteiger charge is -2.17. The second-order valence-electron chi connectivity index (χ2n) is 3.83. The Morgan fingerprint density at radius 1 is 1.15 bits per heavy atom. The number of anilines is 1. The molecule has 20 heavy (non-hydrogen) atoms. The SMILES string of the molecule is O=C1C(=O)N(CCSC(F)(F)F)c2c(Cl)ccc(Cl)c21. The number of Topliss-reactive ketones (excluding diaryl/α,β-unsaturated/α-hetero) is 1. The van der Waals surface area contributed by atoms with Crippen LogP contribution in [0.25, 0.3) is 0 Å². The quantitative estimate of drug-likeness (QED) is 0.784. The third-order valence-corrected chi connectivity index (χ3v) is 3.93. The monoisotopic (exact) mass is 343 g/mol. The standard InChI is InChI=1S/C11H6Cl2F3NO2S/c12-5-1-2-6(13)8-7(5)9(18)10(19)17(8)3-4-20-11(14,15)16/h1-2H,3-4H2. The van der Waals surface area contributed by atoms with E-state index < -0.39 is 23.0 Å². The molecule has 0 N–H and O–H groups in total. The fraction of sp³-hybridized carbons (Fsp3) is 0.273. The third kappa shape index (κ3) is 2.89. The van der Waals surface area contributed by atoms with Crippen molar-refractivity contribution in [2.24, 2.45) is 0 Å². The first-order valence-electron chi connectivity index (χ1n) is 5.27. The second kappa shape index (κ2) is 5.46. The van der Waals surface area contributed by atoms with Crippen LogP contribution in [0.1, 0.15) is 10.4 Å². The number of carbonyl (C=O) groups is 2. The van der Waals surface area contributed by atoms with Gasteiger partial charge in [0.05, 0.1) is 21.3 Å². The molecular formula is C11H6Cl2F3NO2S. The Labute approximate surface area is 126 Å². The molecule has 0 spiro atoms. The van der Waals surface area contributed by atoms with Crippen LogP contribution < -0.4 is 4.90 Å². The van der Waals surface area contributed by atoms with Crippen LogP contribution in [0, 0.1) is 0 Å². The number of nitrogens with zero attached hydrogens (tertiary/aromatic N) is 1. The normalized spacial score (nSPS) is 14.9. The van der Waals surface area contributed by atoms with E-state index in [4.69, 9.17) is 23.2 Å². The number of fused-ring (bicyclic) bond motifs is 1. The van der Waals surface area contributed by atoms with Crippen LogP contribution in [0.2, 0.25) is 10.0 Å². The fourth-order valence-corrected chi connectivity index (χ4v) is 2.82. The molecule has 1 amide bonds. The summed E-state index contributed by atoms with van der Waals surface area (Å²) in [7, 11) is 0. The van der Waals surface area contributed by atoms with Crippen LogP contribution in [0.4, 0.5) is 18.9 Å². The maximum atomic E-state index is 12.1. The van der Waals surface area contributed by atoms with Crippen molar-refractivity contribution in [2.45, 2.75) is 5.51 Å². The Morgan fingerprint density at radius 3 is 2.35 bits per heavy atom. The van der Waals surface area contributed by atoms with Gasteiger partial charge in [0.1, 0.15) is 0 Å². The molecule has 0 saturated heterocycles. The molecule has 0 saturated carbocycles. The number of hydrogen-bond donors (Lipinski definition) is 0. The van der Waals surface area contributed by atoms with Crippen LogP contribution >= 0.6 is 35.0 Å². The molecule has 1 aliphatic rings. The summed E-state index contributed by atoms with van der Waals surface area (Å²) in [5.74, 6) is -2.17. The first kappa shape index (κ1) is 15.5. The molecule has 3 nitrogen and oxygen atoms in total. The molecule has 1 aromatic carbocycles. The molecule has 9 heteroatoms. The van der Waals surface area contributed by atoms with Crippen molar-refractivity contribution in [3.05, 3.63) is 27.7 Å². The van der Waals surface area contributed by atoms with Crippen molar-refractivity contribution in [3.8, 4) is 0 Å². The number of rotatable bonds is 3. The number of thioether (sulfide) groups is 1. The third-order valence-electron chi connectivity index (χ3n) is 2.59. The van der Waals surface area contributed by atoms with Gasteiger partial charge in [0.2, 0.25) is 0 Å². The van der Waals surface area contributed by atoms with Gasteiger partial charge in [-0.2, -0.15) is 13.2 Å². The zero-order chi connectivity index (χ0) is 15.1. The van der Waals surface area contributed by atoms with Gasteiger partial charge in [0.15, 0.2) is 0 Å². The summed E-state index contributed by atoms with van der Waals surface area (Å²) in [4.78, 5) is 24.5. The van der Waals surface area contributed by atoms with Crippen molar-refractivity contribution in [2.75, 3.05) is 17.2 Å². The Kier molecular flexibility index (Phi) is 4.22. The summed E-state index contributed by atoms with van der Waals surface area (Å²) in [6.45, 7) is -0.276. The highest BCUT2D eigenvalue weighted by atomic mass is 35.5. The van der Waals surface area contributed by atoms with E-state index in [2.05, 4.69) is 0 Å². The van der Waals surface area contributed by atoms with E-state index in [0.29, 0.717) is 0 Å². The highest BCUT2D eigenvalue weighted by Crippen LogP contribution is 2.40. The van der Waals surface area contributed by atoms with Crippen molar-refractivity contribution in [3.63, 3.8) is 0 Å². The highest BCUT2D eigenvalue weighted by Gasteiger charge is 2.39. The summed E-state index contributed by atoms with van der Waals surface area (Å²) in [6.07, 6.45) is 0. The minimum Gasteiger partial charge on any atom is -0.302 e. The van der Waals surface area contributed by atoms with E-state index in [9.17, 15) is 22.8 Å². The number of benzene rings is 1. The molecule has 0 bridgehead atoms. The van der Waals surface area contributed by atoms with Gasteiger partial charge in [0.25, 0.3) is 11.7 Å². The van der Waals surface area contributed by atoms with Crippen LogP contribution in [0.5, 0.6) is 0 Å². The van der Waals surface area contributed by atoms with Crippen molar-refractivity contribution >= 4 is 52.3 Å². The van der Waals surface area contributed by atoms with Crippen LogP contribution in [0.15, 0.2) is 12.1 Å². The van der Waals surface area contributed by atoms with Crippen molar-refractivity contribution in [1.82, 2.24) is 0 Å². The van der Waals surface area contributed by atoms with Gasteiger partial charge >= 0.3 is 5.51 Å². The minimum atomic E-state index is -4.40. The lowest BCUT2D eigenvalue weighted by molar-refractivity contribution is -0.114. The molecule has 0 unspecified atom stereocenters. The molecule has 1 aliphatic heterocycles. The first-order chi connectivity index (χ1) is 9.22. The predicted molar refractivity (Wildman–Crippen MR) is 71.7 cm³/mol. The summed E-state index contributed by atoms with van der Waals surface area (Å²) < 4.78 is 36.3. The predicted octanol–water partition coefficient (Wildman–Crippen LogP) is 3.78. The molecule has 0 aromatic heterocycles. The van der Waals surface area contributed by atoms with E-state index in [1.807, 2.05) is 0 Å². The zero-order valence-electron chi connectivity index (χ0n) is 9.63. The smallest absolute Gasteiger partial charge is 0.302 e. The van der Waals surface area contributed by atoms with Crippen molar-refractivity contribution in [1.29, 1.82) is 0 Å². The first-order valence-corrected chi connectivity index (χ1v) is 7.01. The average Bonchev–Trinajstić information content (AvgIpc) is 2.58. The Morgan fingerprint density at radius 2 is 1.75 bits per heavy atom. The molecule has 0 fully saturated rings. The van der Waals surface area contributed by atoms with Crippen LogP contribution in [-0.2, 0) is 4.79 Å². The molecule has 1 aromatic rings. The van der Waals surface area contributed by atoms with Gasteiger partial charge in [-0.25, -0.2) is 0 Å². The number of hydrogen-bond acceptors (Lipinski definition) is 3. The lowest BCUT2D eigenvalue weighted by atomic mass is 10.1. The largest absolute Gasteiger partial charge is 0.441 e. The molecule has 2 rings (SSSR count). The summed E-state index contributed by atoms with van der Waals surface area (Å²) in [5.41, 5.74) is -4.37. The molecule has 0 atom stereocenters. The maximum Gasteiger partial charge on any atom is 0.441 e. The number of halogens is 5. The van der Waals surface area contributed by atoms with E-state index in [1.165, 1.54) is 12.1 Å². The topological polar surface area (TPSA) is 37.4 Å². The van der Waals surface area contributed by atoms with Gasteiger partial charge in [-0.15, -0.1) is 0 Å². The van der Waals surface area contributed by atoms with Gasteiger partial charge in [-0.1, -0.05) is 23.2 Å². The van der Waals surface area contributed by atoms with Gasteiger partial charge in [-0.05, 0) is 23.9 Å². The molecule has 0 radical (unpaired) electrons. The average molecular weight is 344 g/mol. The number of amides is 1. The molecular weight excluding hydrogens is 338 g/mol. The van der Waals surface area contributed by atoms with E-state index in [1.54, 1.807) is 0 Å². The van der Waals surface area contributed by atoms with Crippen molar-refractivity contribution < 1.29 is 22.8 Å². The van der Waals surface area contributed by atoms with E-state index in [-0.39, 0.29) is 39.6 Å².